The van der Waals surface area contributed by atoms with E-state index in [9.17, 15) is 10.1 Å². The van der Waals surface area contributed by atoms with Crippen molar-refractivity contribution in [3.05, 3.63) is 47.0 Å². The molecule has 0 saturated carbocycles. The summed E-state index contributed by atoms with van der Waals surface area (Å²) in [5.74, 6) is 0.240. The van der Waals surface area contributed by atoms with Crippen molar-refractivity contribution >= 4 is 28.7 Å². The molecule has 3 aromatic rings. The van der Waals surface area contributed by atoms with Crippen LogP contribution in [-0.2, 0) is 16.1 Å². The minimum Gasteiger partial charge on any atom is -0.469 e. The minimum atomic E-state index is -0.283. The lowest BCUT2D eigenvalue weighted by molar-refractivity contribution is -0.140. The van der Waals surface area contributed by atoms with E-state index in [0.717, 1.165) is 28.0 Å². The first-order valence-corrected chi connectivity index (χ1v) is 8.21. The second kappa shape index (κ2) is 7.23. The van der Waals surface area contributed by atoms with Crippen LogP contribution in [0.2, 0.25) is 0 Å². The summed E-state index contributed by atoms with van der Waals surface area (Å²) in [5, 5.41) is 14.1. The fourth-order valence-corrected chi connectivity index (χ4v) is 2.81. The Morgan fingerprint density at radius 3 is 2.85 bits per heavy atom. The van der Waals surface area contributed by atoms with E-state index in [0.29, 0.717) is 17.9 Å². The molecule has 0 unspecified atom stereocenters. The van der Waals surface area contributed by atoms with Crippen LogP contribution < -0.4 is 0 Å². The van der Waals surface area contributed by atoms with E-state index in [-0.39, 0.29) is 12.4 Å². The molecule has 3 rings (SSSR count). The second-order valence-electron chi connectivity index (χ2n) is 5.91. The maximum atomic E-state index is 11.4. The quantitative estimate of drug-likeness (QED) is 0.564. The minimum absolute atomic E-state index is 0.246. The topological polar surface area (TPSA) is 96.6 Å². The number of fused-ring (bicyclic) bond motifs is 1. The van der Waals surface area contributed by atoms with E-state index in [2.05, 4.69) is 25.9 Å². The third kappa shape index (κ3) is 3.35. The molecule has 2 aromatic heterocycles. The average Bonchev–Trinajstić information content (AvgIpc) is 3.19. The molecule has 26 heavy (non-hydrogen) atoms. The molecule has 0 aliphatic rings. The standard InChI is InChI=1S/C19H19N5O2/c1-12-15(13(2)24(23-12)9-8-18(25)26-3)10-14(11-20)19-21-16-6-4-5-7-17(16)22-19/h4-7,10H,8-9H2,1-3H3,(H,21,22)/b14-10+. The van der Waals surface area contributed by atoms with Crippen molar-refractivity contribution in [3.63, 3.8) is 0 Å². The number of H-pyrrole nitrogens is 1. The molecule has 0 radical (unpaired) electrons. The van der Waals surface area contributed by atoms with Crippen molar-refractivity contribution in [2.75, 3.05) is 7.11 Å². The fraction of sp³-hybridized carbons (Fsp3) is 0.263. The van der Waals surface area contributed by atoms with Gasteiger partial charge in [-0.2, -0.15) is 10.4 Å². The van der Waals surface area contributed by atoms with Crippen molar-refractivity contribution in [2.24, 2.45) is 0 Å². The molecule has 2 heterocycles. The lowest BCUT2D eigenvalue weighted by atomic mass is 10.1. The van der Waals surface area contributed by atoms with Gasteiger partial charge in [-0.15, -0.1) is 0 Å². The van der Waals surface area contributed by atoms with Crippen molar-refractivity contribution in [1.29, 1.82) is 5.26 Å². The summed E-state index contributed by atoms with van der Waals surface area (Å²) >= 11 is 0. The zero-order valence-corrected chi connectivity index (χ0v) is 14.9. The lowest BCUT2D eigenvalue weighted by Crippen LogP contribution is -2.09. The van der Waals surface area contributed by atoms with Crippen LogP contribution in [0, 0.1) is 25.2 Å². The third-order valence-electron chi connectivity index (χ3n) is 4.25. The Balaban J connectivity index is 1.95. The van der Waals surface area contributed by atoms with Gasteiger partial charge in [0.2, 0.25) is 0 Å². The molecule has 0 fully saturated rings. The van der Waals surface area contributed by atoms with Crippen LogP contribution in [0.15, 0.2) is 24.3 Å². The Bertz CT molecular complexity index is 1000. The zero-order chi connectivity index (χ0) is 18.7. The zero-order valence-electron chi connectivity index (χ0n) is 14.9. The summed E-state index contributed by atoms with van der Waals surface area (Å²) in [6.07, 6.45) is 2.03. The van der Waals surface area contributed by atoms with Crippen LogP contribution in [-0.4, -0.2) is 32.8 Å². The number of benzene rings is 1. The largest absolute Gasteiger partial charge is 0.469 e. The number of aromatic amines is 1. The van der Waals surface area contributed by atoms with Gasteiger partial charge in [-0.25, -0.2) is 4.98 Å². The van der Waals surface area contributed by atoms with Gasteiger partial charge in [-0.1, -0.05) is 12.1 Å². The highest BCUT2D eigenvalue weighted by Gasteiger charge is 2.14. The highest BCUT2D eigenvalue weighted by atomic mass is 16.5. The number of nitrogens with zero attached hydrogens (tertiary/aromatic N) is 4. The average molecular weight is 349 g/mol. The summed E-state index contributed by atoms with van der Waals surface area (Å²) in [6.45, 7) is 4.22. The molecule has 0 amide bonds. The van der Waals surface area contributed by atoms with Crippen LogP contribution in [0.25, 0.3) is 22.7 Å². The summed E-state index contributed by atoms with van der Waals surface area (Å²) in [7, 11) is 1.37. The number of para-hydroxylation sites is 2. The van der Waals surface area contributed by atoms with Gasteiger partial charge in [0.05, 0.1) is 42.4 Å². The number of allylic oxidation sites excluding steroid dienone is 1. The van der Waals surface area contributed by atoms with Crippen LogP contribution in [0.1, 0.15) is 29.2 Å². The Morgan fingerprint density at radius 2 is 2.15 bits per heavy atom. The molecule has 0 aliphatic heterocycles. The Labute approximate surface area is 150 Å². The Hall–Kier alpha value is -3.40. The van der Waals surface area contributed by atoms with E-state index in [1.807, 2.05) is 38.1 Å². The fourth-order valence-electron chi connectivity index (χ4n) is 2.81. The van der Waals surface area contributed by atoms with Crippen LogP contribution in [0.3, 0.4) is 0 Å². The number of ether oxygens (including phenoxy) is 1. The van der Waals surface area contributed by atoms with Crippen LogP contribution in [0.4, 0.5) is 0 Å². The molecule has 1 aromatic carbocycles. The molecule has 0 spiro atoms. The number of imidazole rings is 1. The third-order valence-corrected chi connectivity index (χ3v) is 4.25. The van der Waals surface area contributed by atoms with Gasteiger partial charge in [0, 0.05) is 11.3 Å². The van der Waals surface area contributed by atoms with E-state index < -0.39 is 0 Å². The van der Waals surface area contributed by atoms with Crippen molar-refractivity contribution < 1.29 is 9.53 Å². The number of aromatic nitrogens is 4. The van der Waals surface area contributed by atoms with Crippen LogP contribution in [0.5, 0.6) is 0 Å². The first-order chi connectivity index (χ1) is 12.5. The predicted molar refractivity (Wildman–Crippen MR) is 97.9 cm³/mol. The number of nitriles is 1. The maximum absolute atomic E-state index is 11.4. The number of hydrogen-bond donors (Lipinski definition) is 1. The first kappa shape index (κ1) is 17.4. The molecule has 0 saturated heterocycles. The van der Waals surface area contributed by atoms with Gasteiger partial charge in [0.15, 0.2) is 0 Å². The maximum Gasteiger partial charge on any atom is 0.307 e. The van der Waals surface area contributed by atoms with Crippen molar-refractivity contribution in [2.45, 2.75) is 26.8 Å². The molecule has 0 atom stereocenters. The number of nitrogens with one attached hydrogen (secondary N) is 1. The molecular weight excluding hydrogens is 330 g/mol. The van der Waals surface area contributed by atoms with Crippen LogP contribution >= 0.6 is 0 Å². The number of aryl methyl sites for hydroxylation is 2. The normalized spacial score (nSPS) is 11.5. The number of methoxy groups -OCH3 is 1. The number of carbonyl (C=O) groups is 1. The molecule has 7 heteroatoms. The van der Waals surface area contributed by atoms with E-state index in [1.54, 1.807) is 10.8 Å². The summed E-state index contributed by atoms with van der Waals surface area (Å²) in [4.78, 5) is 19.0. The Morgan fingerprint density at radius 1 is 1.38 bits per heavy atom. The van der Waals surface area contributed by atoms with Gasteiger partial charge in [0.1, 0.15) is 11.9 Å². The molecule has 1 N–H and O–H groups in total. The van der Waals surface area contributed by atoms with E-state index >= 15 is 0 Å². The van der Waals surface area contributed by atoms with Gasteiger partial charge in [-0.3, -0.25) is 9.48 Å². The lowest BCUT2D eigenvalue weighted by Gasteiger charge is -2.03. The highest BCUT2D eigenvalue weighted by molar-refractivity contribution is 5.90. The smallest absolute Gasteiger partial charge is 0.307 e. The Kier molecular flexibility index (Phi) is 4.85. The number of esters is 1. The number of hydrogen-bond acceptors (Lipinski definition) is 5. The highest BCUT2D eigenvalue weighted by Crippen LogP contribution is 2.22. The van der Waals surface area contributed by atoms with E-state index in [4.69, 9.17) is 0 Å². The van der Waals surface area contributed by atoms with Crippen molar-refractivity contribution in [3.8, 4) is 6.07 Å². The van der Waals surface area contributed by atoms with Gasteiger partial charge < -0.3 is 9.72 Å². The molecular formula is C19H19N5O2. The van der Waals surface area contributed by atoms with Crippen molar-refractivity contribution in [1.82, 2.24) is 19.7 Å². The molecule has 7 nitrogen and oxygen atoms in total. The molecule has 0 bridgehead atoms. The second-order valence-corrected chi connectivity index (χ2v) is 5.91. The SMILES string of the molecule is COC(=O)CCn1nc(C)c(/C=C(\C#N)c2nc3ccccc3[nH]2)c1C. The molecule has 0 aliphatic carbocycles. The molecule has 132 valence electrons. The first-order valence-electron chi connectivity index (χ1n) is 8.21. The number of rotatable bonds is 5. The summed E-state index contributed by atoms with van der Waals surface area (Å²) in [5.41, 5.74) is 4.65. The van der Waals surface area contributed by atoms with Gasteiger partial charge in [0.25, 0.3) is 0 Å². The predicted octanol–water partition coefficient (Wildman–Crippen LogP) is 3.00. The monoisotopic (exact) mass is 349 g/mol. The summed E-state index contributed by atoms with van der Waals surface area (Å²) < 4.78 is 6.43. The van der Waals surface area contributed by atoms with E-state index in [1.165, 1.54) is 7.11 Å². The number of carbonyl (C=O) groups excluding carboxylic acids is 1. The van der Waals surface area contributed by atoms with Gasteiger partial charge in [-0.05, 0) is 32.1 Å². The summed E-state index contributed by atoms with van der Waals surface area (Å²) in [6, 6.07) is 9.84. The van der Waals surface area contributed by atoms with Gasteiger partial charge >= 0.3 is 5.97 Å².